The number of hydrogen-bond acceptors (Lipinski definition) is 1. The van der Waals surface area contributed by atoms with Crippen LogP contribution in [0.3, 0.4) is 0 Å². The van der Waals surface area contributed by atoms with Crippen LogP contribution >= 0.6 is 0 Å². The molecule has 1 unspecified atom stereocenters. The number of hydrogen-bond donors (Lipinski definition) is 0. The van der Waals surface area contributed by atoms with E-state index in [1.807, 2.05) is 0 Å². The van der Waals surface area contributed by atoms with Crippen molar-refractivity contribution in [3.05, 3.63) is 0 Å². The molecular formula is C15H30O. The van der Waals surface area contributed by atoms with Crippen LogP contribution < -0.4 is 0 Å². The van der Waals surface area contributed by atoms with Gasteiger partial charge in [0.1, 0.15) is 0 Å². The van der Waals surface area contributed by atoms with Gasteiger partial charge in [0.25, 0.3) is 0 Å². The van der Waals surface area contributed by atoms with E-state index in [9.17, 15) is 0 Å². The molecule has 1 fully saturated rings. The van der Waals surface area contributed by atoms with E-state index in [0.717, 1.165) is 0 Å². The largest absolute Gasteiger partial charge is 0.372 e. The van der Waals surface area contributed by atoms with Crippen LogP contribution in [0.1, 0.15) is 79.6 Å². The van der Waals surface area contributed by atoms with Crippen molar-refractivity contribution in [3.8, 4) is 0 Å². The number of ether oxygens (including phenoxy) is 1. The monoisotopic (exact) mass is 226 g/mol. The Morgan fingerprint density at radius 2 is 1.69 bits per heavy atom. The molecule has 1 atom stereocenters. The van der Waals surface area contributed by atoms with Gasteiger partial charge in [-0.2, -0.15) is 0 Å². The molecule has 1 heteroatoms. The van der Waals surface area contributed by atoms with Gasteiger partial charge in [-0.05, 0) is 38.0 Å². The van der Waals surface area contributed by atoms with Gasteiger partial charge in [-0.25, -0.2) is 0 Å². The van der Waals surface area contributed by atoms with E-state index in [1.165, 1.54) is 44.9 Å². The lowest BCUT2D eigenvalue weighted by atomic mass is 9.80. The van der Waals surface area contributed by atoms with Crippen molar-refractivity contribution in [1.29, 1.82) is 0 Å². The molecule has 1 aliphatic carbocycles. The Balaban J connectivity index is 2.62. The van der Waals surface area contributed by atoms with Crippen LogP contribution in [0.5, 0.6) is 0 Å². The maximum atomic E-state index is 6.48. The molecule has 0 spiro atoms. The molecule has 0 aromatic heterocycles. The summed E-state index contributed by atoms with van der Waals surface area (Å²) >= 11 is 0. The van der Waals surface area contributed by atoms with E-state index in [0.29, 0.717) is 11.5 Å². The lowest BCUT2D eigenvalue weighted by Crippen LogP contribution is -2.42. The molecule has 0 saturated heterocycles. The standard InChI is InChI=1S/C15H30O/c1-6-14(4,5)13(3)16-15(7-2)11-9-8-10-12-15/h13H,6-12H2,1-5H3. The molecule has 16 heavy (non-hydrogen) atoms. The van der Waals surface area contributed by atoms with Gasteiger partial charge in [-0.15, -0.1) is 0 Å². The molecule has 0 amide bonds. The molecule has 0 N–H and O–H groups in total. The molecule has 0 heterocycles. The molecule has 1 saturated carbocycles. The smallest absolute Gasteiger partial charge is 0.0683 e. The summed E-state index contributed by atoms with van der Waals surface area (Å²) < 4.78 is 6.48. The van der Waals surface area contributed by atoms with E-state index < -0.39 is 0 Å². The second kappa shape index (κ2) is 5.53. The van der Waals surface area contributed by atoms with Crippen molar-refractivity contribution < 1.29 is 4.74 Å². The highest BCUT2D eigenvalue weighted by Gasteiger charge is 2.36. The molecule has 0 radical (unpaired) electrons. The average molecular weight is 226 g/mol. The summed E-state index contributed by atoms with van der Waals surface area (Å²) in [4.78, 5) is 0. The SMILES string of the molecule is CCC1(OC(C)C(C)(C)CC)CCCCC1. The quantitative estimate of drug-likeness (QED) is 0.645. The number of rotatable bonds is 5. The molecular weight excluding hydrogens is 196 g/mol. The Hall–Kier alpha value is -0.0400. The normalized spacial score (nSPS) is 23.1. The van der Waals surface area contributed by atoms with Crippen molar-refractivity contribution in [2.75, 3.05) is 0 Å². The summed E-state index contributed by atoms with van der Waals surface area (Å²) in [5, 5.41) is 0. The maximum absolute atomic E-state index is 6.48. The summed E-state index contributed by atoms with van der Waals surface area (Å²) in [6.45, 7) is 11.5. The summed E-state index contributed by atoms with van der Waals surface area (Å²) in [5.41, 5.74) is 0.504. The summed E-state index contributed by atoms with van der Waals surface area (Å²) in [6, 6.07) is 0. The molecule has 0 aromatic carbocycles. The first-order chi connectivity index (χ1) is 7.46. The van der Waals surface area contributed by atoms with Crippen LogP contribution in [0.4, 0.5) is 0 Å². The summed E-state index contributed by atoms with van der Waals surface area (Å²) in [6.07, 6.45) is 9.39. The van der Waals surface area contributed by atoms with E-state index in [2.05, 4.69) is 34.6 Å². The Labute approximate surface area is 102 Å². The molecule has 96 valence electrons. The van der Waals surface area contributed by atoms with Gasteiger partial charge in [0.2, 0.25) is 0 Å². The van der Waals surface area contributed by atoms with E-state index in [4.69, 9.17) is 4.74 Å². The molecule has 0 aliphatic heterocycles. The second-order valence-corrected chi connectivity index (χ2v) is 6.20. The van der Waals surface area contributed by atoms with Crippen LogP contribution in [0.2, 0.25) is 0 Å². The molecule has 0 bridgehead atoms. The lowest BCUT2D eigenvalue weighted by molar-refractivity contribution is -0.145. The van der Waals surface area contributed by atoms with Gasteiger partial charge in [0, 0.05) is 0 Å². The Morgan fingerprint density at radius 1 is 1.12 bits per heavy atom. The topological polar surface area (TPSA) is 9.23 Å². The van der Waals surface area contributed by atoms with Crippen LogP contribution in [0.25, 0.3) is 0 Å². The fourth-order valence-electron chi connectivity index (χ4n) is 2.57. The average Bonchev–Trinajstić information content (AvgIpc) is 2.30. The Bertz CT molecular complexity index is 201. The highest BCUT2D eigenvalue weighted by atomic mass is 16.5. The highest BCUT2D eigenvalue weighted by Crippen LogP contribution is 2.39. The molecule has 1 rings (SSSR count). The van der Waals surface area contributed by atoms with Crippen LogP contribution in [-0.4, -0.2) is 11.7 Å². The lowest BCUT2D eigenvalue weighted by Gasteiger charge is -2.43. The first-order valence-corrected chi connectivity index (χ1v) is 7.13. The first-order valence-electron chi connectivity index (χ1n) is 7.13. The molecule has 0 aromatic rings. The molecule has 1 nitrogen and oxygen atoms in total. The van der Waals surface area contributed by atoms with Crippen molar-refractivity contribution >= 4 is 0 Å². The minimum absolute atomic E-state index is 0.199. The third-order valence-corrected chi connectivity index (χ3v) is 4.85. The second-order valence-electron chi connectivity index (χ2n) is 6.20. The Morgan fingerprint density at radius 3 is 2.12 bits per heavy atom. The van der Waals surface area contributed by atoms with Crippen molar-refractivity contribution in [2.24, 2.45) is 5.41 Å². The van der Waals surface area contributed by atoms with Gasteiger partial charge in [-0.1, -0.05) is 47.0 Å². The Kier molecular flexibility index (Phi) is 4.85. The molecule has 1 aliphatic rings. The first kappa shape index (κ1) is 14.0. The fraction of sp³-hybridized carbons (Fsp3) is 1.00. The van der Waals surface area contributed by atoms with E-state index in [-0.39, 0.29) is 5.60 Å². The van der Waals surface area contributed by atoms with Gasteiger partial charge >= 0.3 is 0 Å². The zero-order valence-corrected chi connectivity index (χ0v) is 11.9. The zero-order chi connectivity index (χ0) is 12.2. The summed E-state index contributed by atoms with van der Waals surface area (Å²) in [7, 11) is 0. The maximum Gasteiger partial charge on any atom is 0.0683 e. The van der Waals surface area contributed by atoms with Gasteiger partial charge in [-0.3, -0.25) is 0 Å². The van der Waals surface area contributed by atoms with Crippen LogP contribution in [-0.2, 0) is 4.74 Å². The predicted molar refractivity (Wildman–Crippen MR) is 70.7 cm³/mol. The summed E-state index contributed by atoms with van der Waals surface area (Å²) in [5.74, 6) is 0. The van der Waals surface area contributed by atoms with E-state index in [1.54, 1.807) is 0 Å². The third kappa shape index (κ3) is 3.23. The van der Waals surface area contributed by atoms with Crippen LogP contribution in [0, 0.1) is 5.41 Å². The van der Waals surface area contributed by atoms with Crippen LogP contribution in [0.15, 0.2) is 0 Å². The minimum atomic E-state index is 0.199. The van der Waals surface area contributed by atoms with Gasteiger partial charge in [0.05, 0.1) is 11.7 Å². The minimum Gasteiger partial charge on any atom is -0.372 e. The van der Waals surface area contributed by atoms with Crippen molar-refractivity contribution in [1.82, 2.24) is 0 Å². The highest BCUT2D eigenvalue weighted by molar-refractivity contribution is 4.86. The third-order valence-electron chi connectivity index (χ3n) is 4.85. The van der Waals surface area contributed by atoms with Crippen molar-refractivity contribution in [2.45, 2.75) is 91.3 Å². The van der Waals surface area contributed by atoms with E-state index >= 15 is 0 Å². The predicted octanol–water partition coefficient (Wildman–Crippen LogP) is 4.94. The van der Waals surface area contributed by atoms with Crippen molar-refractivity contribution in [3.63, 3.8) is 0 Å². The zero-order valence-electron chi connectivity index (χ0n) is 11.9. The van der Waals surface area contributed by atoms with Gasteiger partial charge in [0.15, 0.2) is 0 Å². The fourth-order valence-corrected chi connectivity index (χ4v) is 2.57. The van der Waals surface area contributed by atoms with Gasteiger partial charge < -0.3 is 4.74 Å².